The van der Waals surface area contributed by atoms with E-state index in [1.807, 2.05) is 6.07 Å². The molecule has 1 fully saturated rings. The molecule has 5 heteroatoms. The lowest BCUT2D eigenvalue weighted by molar-refractivity contribution is -0.148. The van der Waals surface area contributed by atoms with Crippen molar-refractivity contribution >= 4 is 23.5 Å². The quantitative estimate of drug-likeness (QED) is 0.926. The van der Waals surface area contributed by atoms with Gasteiger partial charge in [-0.2, -0.15) is 0 Å². The Bertz CT molecular complexity index is 503. The maximum Gasteiger partial charge on any atom is 0.326 e. The van der Waals surface area contributed by atoms with E-state index in [1.165, 1.54) is 4.90 Å². The van der Waals surface area contributed by atoms with Crippen molar-refractivity contribution < 1.29 is 14.7 Å². The van der Waals surface area contributed by atoms with Gasteiger partial charge in [-0.05, 0) is 37.5 Å². The number of hydrogen-bond acceptors (Lipinski definition) is 2. The monoisotopic (exact) mass is 281 g/mol. The van der Waals surface area contributed by atoms with E-state index in [4.69, 9.17) is 16.7 Å². The molecule has 0 bridgehead atoms. The van der Waals surface area contributed by atoms with Gasteiger partial charge in [0.15, 0.2) is 0 Å². The third kappa shape index (κ3) is 2.89. The molecule has 0 saturated carbocycles. The minimum Gasteiger partial charge on any atom is -0.480 e. The van der Waals surface area contributed by atoms with Crippen molar-refractivity contribution in [1.29, 1.82) is 0 Å². The molecule has 1 amide bonds. The lowest BCUT2D eigenvalue weighted by atomic mass is 9.99. The van der Waals surface area contributed by atoms with E-state index in [9.17, 15) is 9.59 Å². The summed E-state index contributed by atoms with van der Waals surface area (Å²) in [6.07, 6.45) is 1.27. The maximum absolute atomic E-state index is 12.4. The largest absolute Gasteiger partial charge is 0.480 e. The molecule has 4 nitrogen and oxygen atoms in total. The van der Waals surface area contributed by atoms with Crippen LogP contribution < -0.4 is 0 Å². The normalized spacial score (nSPS) is 20.3. The zero-order chi connectivity index (χ0) is 14.0. The van der Waals surface area contributed by atoms with Gasteiger partial charge in [-0.1, -0.05) is 23.7 Å². The van der Waals surface area contributed by atoms with Crippen LogP contribution in [0.1, 0.15) is 31.2 Å². The average Bonchev–Trinajstić information content (AvgIpc) is 2.86. The summed E-state index contributed by atoms with van der Waals surface area (Å²) in [6, 6.07) is 6.43. The molecule has 1 aliphatic heterocycles. The Morgan fingerprint density at radius 3 is 2.84 bits per heavy atom. The molecule has 1 aromatic rings. The Balaban J connectivity index is 2.17. The molecule has 0 aromatic heterocycles. The first-order valence-electron chi connectivity index (χ1n) is 6.29. The number of carboxylic acids is 1. The van der Waals surface area contributed by atoms with Gasteiger partial charge in [0.2, 0.25) is 5.91 Å². The Labute approximate surface area is 117 Å². The highest BCUT2D eigenvalue weighted by atomic mass is 35.5. The summed E-state index contributed by atoms with van der Waals surface area (Å²) in [6.45, 7) is 2.30. The maximum atomic E-state index is 12.4. The molecular weight excluding hydrogens is 266 g/mol. The van der Waals surface area contributed by atoms with Crippen LogP contribution in [0.15, 0.2) is 24.3 Å². The van der Waals surface area contributed by atoms with Crippen LogP contribution in [0, 0.1) is 0 Å². The number of benzene rings is 1. The number of aliphatic carboxylic acids is 1. The second kappa shape index (κ2) is 5.61. The lowest BCUT2D eigenvalue weighted by Crippen LogP contribution is -2.42. The summed E-state index contributed by atoms with van der Waals surface area (Å²) >= 11 is 5.91. The van der Waals surface area contributed by atoms with Gasteiger partial charge in [0.1, 0.15) is 6.04 Å². The van der Waals surface area contributed by atoms with Gasteiger partial charge in [-0.15, -0.1) is 0 Å². The first kappa shape index (κ1) is 13.9. The van der Waals surface area contributed by atoms with Gasteiger partial charge in [0, 0.05) is 11.6 Å². The standard InChI is InChI=1S/C14H16ClNO3/c1-9(10-4-2-5-11(15)8-10)13(17)16-7-3-6-12(16)14(18)19/h2,4-5,8-9,12H,3,6-7H2,1H3,(H,18,19). The van der Waals surface area contributed by atoms with E-state index < -0.39 is 12.0 Å². The summed E-state index contributed by atoms with van der Waals surface area (Å²) in [7, 11) is 0. The Morgan fingerprint density at radius 1 is 1.47 bits per heavy atom. The van der Waals surface area contributed by atoms with Crippen LogP contribution in [0.25, 0.3) is 0 Å². The second-order valence-electron chi connectivity index (χ2n) is 4.80. The lowest BCUT2D eigenvalue weighted by Gasteiger charge is -2.25. The molecule has 1 saturated heterocycles. The van der Waals surface area contributed by atoms with Crippen molar-refractivity contribution in [2.45, 2.75) is 31.7 Å². The fraction of sp³-hybridized carbons (Fsp3) is 0.429. The number of hydrogen-bond donors (Lipinski definition) is 1. The van der Waals surface area contributed by atoms with Crippen LogP contribution in [0.3, 0.4) is 0 Å². The topological polar surface area (TPSA) is 57.6 Å². The smallest absolute Gasteiger partial charge is 0.326 e. The number of carboxylic acid groups (broad SMARTS) is 1. The summed E-state index contributed by atoms with van der Waals surface area (Å²) in [5.41, 5.74) is 0.813. The van der Waals surface area contributed by atoms with Crippen LogP contribution in [-0.2, 0) is 9.59 Å². The SMILES string of the molecule is CC(C(=O)N1CCCC1C(=O)O)c1cccc(Cl)c1. The second-order valence-corrected chi connectivity index (χ2v) is 5.24. The highest BCUT2D eigenvalue weighted by molar-refractivity contribution is 6.30. The highest BCUT2D eigenvalue weighted by Gasteiger charge is 2.36. The van der Waals surface area contributed by atoms with E-state index in [0.717, 1.165) is 12.0 Å². The van der Waals surface area contributed by atoms with Crippen molar-refractivity contribution in [3.05, 3.63) is 34.9 Å². The van der Waals surface area contributed by atoms with Gasteiger partial charge in [0.05, 0.1) is 5.92 Å². The van der Waals surface area contributed by atoms with E-state index in [2.05, 4.69) is 0 Å². The molecule has 1 N–H and O–H groups in total. The van der Waals surface area contributed by atoms with Crippen molar-refractivity contribution in [1.82, 2.24) is 4.90 Å². The fourth-order valence-electron chi connectivity index (χ4n) is 2.45. The predicted molar refractivity (Wildman–Crippen MR) is 72.2 cm³/mol. The zero-order valence-corrected chi connectivity index (χ0v) is 11.4. The molecule has 1 aromatic carbocycles. The van der Waals surface area contributed by atoms with Crippen molar-refractivity contribution in [2.24, 2.45) is 0 Å². The third-order valence-corrected chi connectivity index (χ3v) is 3.78. The molecule has 0 radical (unpaired) electrons. The molecule has 2 unspecified atom stereocenters. The van der Waals surface area contributed by atoms with E-state index >= 15 is 0 Å². The number of nitrogens with zero attached hydrogens (tertiary/aromatic N) is 1. The van der Waals surface area contributed by atoms with Crippen LogP contribution in [-0.4, -0.2) is 34.5 Å². The molecule has 102 valence electrons. The number of likely N-dealkylation sites (tertiary alicyclic amines) is 1. The number of carbonyl (C=O) groups is 2. The zero-order valence-electron chi connectivity index (χ0n) is 10.7. The van der Waals surface area contributed by atoms with Crippen LogP contribution in [0.5, 0.6) is 0 Å². The van der Waals surface area contributed by atoms with Crippen molar-refractivity contribution in [2.75, 3.05) is 6.54 Å². The molecule has 1 aliphatic rings. The van der Waals surface area contributed by atoms with Gasteiger partial charge < -0.3 is 10.0 Å². The molecule has 0 aliphatic carbocycles. The molecule has 2 rings (SSSR count). The molecular formula is C14H16ClNO3. The Hall–Kier alpha value is -1.55. The van der Waals surface area contributed by atoms with Crippen molar-refractivity contribution in [3.63, 3.8) is 0 Å². The molecule has 0 spiro atoms. The molecule has 1 heterocycles. The number of carbonyl (C=O) groups excluding carboxylic acids is 1. The first-order valence-corrected chi connectivity index (χ1v) is 6.67. The number of amides is 1. The van der Waals surface area contributed by atoms with Crippen molar-refractivity contribution in [3.8, 4) is 0 Å². The number of halogens is 1. The number of rotatable bonds is 3. The summed E-state index contributed by atoms with van der Waals surface area (Å²) in [4.78, 5) is 25.0. The van der Waals surface area contributed by atoms with Crippen LogP contribution in [0.2, 0.25) is 5.02 Å². The fourth-order valence-corrected chi connectivity index (χ4v) is 2.65. The summed E-state index contributed by atoms with van der Waals surface area (Å²) < 4.78 is 0. The van der Waals surface area contributed by atoms with Crippen LogP contribution >= 0.6 is 11.6 Å². The van der Waals surface area contributed by atoms with Gasteiger partial charge in [-0.25, -0.2) is 4.79 Å². The first-order chi connectivity index (χ1) is 9.00. The summed E-state index contributed by atoms with van der Waals surface area (Å²) in [5, 5.41) is 9.69. The van der Waals surface area contributed by atoms with E-state index in [0.29, 0.717) is 18.0 Å². The average molecular weight is 282 g/mol. The molecule has 19 heavy (non-hydrogen) atoms. The highest BCUT2D eigenvalue weighted by Crippen LogP contribution is 2.26. The minimum absolute atomic E-state index is 0.146. The van der Waals surface area contributed by atoms with Gasteiger partial charge in [0.25, 0.3) is 0 Å². The summed E-state index contributed by atoms with van der Waals surface area (Å²) in [5.74, 6) is -1.45. The minimum atomic E-state index is -0.927. The van der Waals surface area contributed by atoms with Gasteiger partial charge in [-0.3, -0.25) is 4.79 Å². The Kier molecular flexibility index (Phi) is 4.10. The molecule has 2 atom stereocenters. The van der Waals surface area contributed by atoms with E-state index in [-0.39, 0.29) is 11.8 Å². The van der Waals surface area contributed by atoms with Gasteiger partial charge >= 0.3 is 5.97 Å². The Morgan fingerprint density at radius 2 is 2.21 bits per heavy atom. The predicted octanol–water partition coefficient (Wildman–Crippen LogP) is 2.52. The van der Waals surface area contributed by atoms with Crippen LogP contribution in [0.4, 0.5) is 0 Å². The van der Waals surface area contributed by atoms with E-state index in [1.54, 1.807) is 25.1 Å². The third-order valence-electron chi connectivity index (χ3n) is 3.54.